The van der Waals surface area contributed by atoms with Gasteiger partial charge in [-0.2, -0.15) is 0 Å². The smallest absolute Gasteiger partial charge is 0.306 e. The number of rotatable bonds is 6. The summed E-state index contributed by atoms with van der Waals surface area (Å²) in [6.07, 6.45) is 5.09. The minimum Gasteiger partial charge on any atom is -0.481 e. The molecule has 0 saturated heterocycles. The van der Waals surface area contributed by atoms with Crippen molar-refractivity contribution in [3.8, 4) is 0 Å². The van der Waals surface area contributed by atoms with Gasteiger partial charge in [0.05, 0.1) is 12.5 Å². The molecule has 1 N–H and O–H groups in total. The van der Waals surface area contributed by atoms with Crippen LogP contribution in [-0.4, -0.2) is 27.9 Å². The van der Waals surface area contributed by atoms with E-state index < -0.39 is 5.97 Å². The Morgan fingerprint density at radius 3 is 2.46 bits per heavy atom. The molecular weight excluding hydrogens is 306 g/mol. The van der Waals surface area contributed by atoms with E-state index in [0.29, 0.717) is 43.7 Å². The fraction of sp³-hybridized carbons (Fsp3) is 0.684. The van der Waals surface area contributed by atoms with Crippen LogP contribution in [0.25, 0.3) is 0 Å². The van der Waals surface area contributed by atoms with Gasteiger partial charge in [0.15, 0.2) is 0 Å². The van der Waals surface area contributed by atoms with E-state index in [0.717, 1.165) is 24.4 Å². The maximum Gasteiger partial charge on any atom is 0.306 e. The number of carboxylic acid groups (broad SMARTS) is 1. The summed E-state index contributed by atoms with van der Waals surface area (Å²) in [4.78, 5) is 26.0. The lowest BCUT2D eigenvalue weighted by atomic mass is 10.0. The van der Waals surface area contributed by atoms with Crippen LogP contribution >= 0.6 is 0 Å². The molecule has 5 nitrogen and oxygen atoms in total. The molecule has 4 atom stereocenters. The molecule has 3 aliphatic carbocycles. The van der Waals surface area contributed by atoms with Crippen molar-refractivity contribution in [2.75, 3.05) is 0 Å². The average Bonchev–Trinajstić information content (AvgIpc) is 3.41. The first-order chi connectivity index (χ1) is 11.5. The summed E-state index contributed by atoms with van der Waals surface area (Å²) >= 11 is 0. The quantitative estimate of drug-likeness (QED) is 0.867. The van der Waals surface area contributed by atoms with Crippen LogP contribution in [0.3, 0.4) is 0 Å². The van der Waals surface area contributed by atoms with Crippen LogP contribution in [0.4, 0.5) is 0 Å². The third-order valence-electron chi connectivity index (χ3n) is 5.89. The molecule has 1 aromatic heterocycles. The summed E-state index contributed by atoms with van der Waals surface area (Å²) in [6.45, 7) is 2.75. The van der Waals surface area contributed by atoms with E-state index in [-0.39, 0.29) is 17.7 Å². The zero-order chi connectivity index (χ0) is 16.8. The molecule has 130 valence electrons. The van der Waals surface area contributed by atoms with Crippen molar-refractivity contribution in [2.45, 2.75) is 64.0 Å². The SMILES string of the molecule is CC1CC1c1ccc(CN(C(=O)[C@@H]2CC[C@H](C(=O)O)C2)C2CC2)o1. The van der Waals surface area contributed by atoms with Gasteiger partial charge in [0, 0.05) is 17.9 Å². The van der Waals surface area contributed by atoms with Crippen molar-refractivity contribution in [2.24, 2.45) is 17.8 Å². The van der Waals surface area contributed by atoms with Crippen molar-refractivity contribution < 1.29 is 19.1 Å². The standard InChI is InChI=1S/C19H25NO4/c1-11-8-16(11)17-7-6-15(24-17)10-20(14-4-5-14)18(21)12-2-3-13(9-12)19(22)23/h6-7,11-14,16H,2-5,8-10H2,1H3,(H,22,23)/t11?,12-,13+,16?/m1/s1. The first kappa shape index (κ1) is 15.7. The number of aliphatic carboxylic acids is 1. The zero-order valence-electron chi connectivity index (χ0n) is 14.1. The van der Waals surface area contributed by atoms with Crippen molar-refractivity contribution >= 4 is 11.9 Å². The Hall–Kier alpha value is -1.78. The van der Waals surface area contributed by atoms with Gasteiger partial charge in [-0.25, -0.2) is 0 Å². The fourth-order valence-electron chi connectivity index (χ4n) is 4.00. The predicted molar refractivity (Wildman–Crippen MR) is 87.3 cm³/mol. The molecule has 4 rings (SSSR count). The van der Waals surface area contributed by atoms with E-state index in [1.165, 1.54) is 6.42 Å². The Morgan fingerprint density at radius 1 is 1.17 bits per heavy atom. The molecule has 5 heteroatoms. The summed E-state index contributed by atoms with van der Waals surface area (Å²) in [5, 5.41) is 9.15. The Labute approximate surface area is 142 Å². The van der Waals surface area contributed by atoms with Gasteiger partial charge in [-0.3, -0.25) is 9.59 Å². The van der Waals surface area contributed by atoms with Crippen molar-refractivity contribution in [3.63, 3.8) is 0 Å². The molecule has 0 aromatic carbocycles. The monoisotopic (exact) mass is 331 g/mol. The van der Waals surface area contributed by atoms with E-state index in [1.807, 2.05) is 11.0 Å². The highest BCUT2D eigenvalue weighted by atomic mass is 16.4. The van der Waals surface area contributed by atoms with Gasteiger partial charge < -0.3 is 14.4 Å². The molecule has 0 aliphatic heterocycles. The van der Waals surface area contributed by atoms with Crippen LogP contribution in [-0.2, 0) is 16.1 Å². The first-order valence-corrected chi connectivity index (χ1v) is 9.15. The van der Waals surface area contributed by atoms with E-state index in [9.17, 15) is 9.59 Å². The van der Waals surface area contributed by atoms with Gasteiger partial charge in [-0.15, -0.1) is 0 Å². The summed E-state index contributed by atoms with van der Waals surface area (Å²) in [6, 6.07) is 4.36. The molecule has 3 saturated carbocycles. The Bertz CT molecular complexity index is 648. The number of hydrogen-bond acceptors (Lipinski definition) is 3. The van der Waals surface area contributed by atoms with Crippen LogP contribution in [0.5, 0.6) is 0 Å². The van der Waals surface area contributed by atoms with E-state index >= 15 is 0 Å². The number of carbonyl (C=O) groups excluding carboxylic acids is 1. The van der Waals surface area contributed by atoms with Crippen LogP contribution in [0.2, 0.25) is 0 Å². The fourth-order valence-corrected chi connectivity index (χ4v) is 4.00. The molecule has 0 radical (unpaired) electrons. The van der Waals surface area contributed by atoms with Crippen LogP contribution < -0.4 is 0 Å². The molecular formula is C19H25NO4. The lowest BCUT2D eigenvalue weighted by molar-refractivity contribution is -0.141. The molecule has 0 spiro atoms. The third-order valence-corrected chi connectivity index (χ3v) is 5.89. The third kappa shape index (κ3) is 3.08. The summed E-state index contributed by atoms with van der Waals surface area (Å²) < 4.78 is 5.97. The molecule has 2 unspecified atom stereocenters. The second-order valence-corrected chi connectivity index (χ2v) is 7.87. The number of hydrogen-bond donors (Lipinski definition) is 1. The van der Waals surface area contributed by atoms with Gasteiger partial charge >= 0.3 is 5.97 Å². The number of amides is 1. The Balaban J connectivity index is 1.42. The summed E-state index contributed by atoms with van der Waals surface area (Å²) in [5.41, 5.74) is 0. The average molecular weight is 331 g/mol. The van der Waals surface area contributed by atoms with Crippen LogP contribution in [0.1, 0.15) is 62.9 Å². The second kappa shape index (κ2) is 5.94. The molecule has 3 aliphatic rings. The summed E-state index contributed by atoms with van der Waals surface area (Å²) in [5.74, 6) is 2.03. The van der Waals surface area contributed by atoms with Gasteiger partial charge in [0.1, 0.15) is 11.5 Å². The summed E-state index contributed by atoms with van der Waals surface area (Å²) in [7, 11) is 0. The Morgan fingerprint density at radius 2 is 1.88 bits per heavy atom. The number of carbonyl (C=O) groups is 2. The zero-order valence-corrected chi connectivity index (χ0v) is 14.1. The predicted octanol–water partition coefficient (Wildman–Crippen LogP) is 3.39. The molecule has 1 heterocycles. The maximum absolute atomic E-state index is 12.9. The molecule has 1 aromatic rings. The minimum atomic E-state index is -0.766. The van der Waals surface area contributed by atoms with Crippen molar-refractivity contribution in [1.29, 1.82) is 0 Å². The molecule has 1 amide bonds. The number of carboxylic acids is 1. The molecule has 24 heavy (non-hydrogen) atoms. The van der Waals surface area contributed by atoms with Gasteiger partial charge in [0.25, 0.3) is 0 Å². The van der Waals surface area contributed by atoms with E-state index in [4.69, 9.17) is 9.52 Å². The lowest BCUT2D eigenvalue weighted by Crippen LogP contribution is -2.36. The number of nitrogens with zero attached hydrogens (tertiary/aromatic N) is 1. The van der Waals surface area contributed by atoms with E-state index in [1.54, 1.807) is 0 Å². The highest BCUT2D eigenvalue weighted by Gasteiger charge is 2.41. The van der Waals surface area contributed by atoms with Gasteiger partial charge in [-0.05, 0) is 56.6 Å². The number of furan rings is 1. The Kier molecular flexibility index (Phi) is 3.89. The molecule has 3 fully saturated rings. The maximum atomic E-state index is 12.9. The van der Waals surface area contributed by atoms with Gasteiger partial charge in [0.2, 0.25) is 5.91 Å². The van der Waals surface area contributed by atoms with Crippen molar-refractivity contribution in [3.05, 3.63) is 23.7 Å². The highest BCUT2D eigenvalue weighted by Crippen LogP contribution is 2.47. The second-order valence-electron chi connectivity index (χ2n) is 7.87. The topological polar surface area (TPSA) is 70.8 Å². The normalized spacial score (nSPS) is 31.9. The highest BCUT2D eigenvalue weighted by molar-refractivity contribution is 5.81. The van der Waals surface area contributed by atoms with E-state index in [2.05, 4.69) is 13.0 Å². The lowest BCUT2D eigenvalue weighted by Gasteiger charge is -2.24. The first-order valence-electron chi connectivity index (χ1n) is 9.15. The largest absolute Gasteiger partial charge is 0.481 e. The minimum absolute atomic E-state index is 0.124. The van der Waals surface area contributed by atoms with Gasteiger partial charge in [-0.1, -0.05) is 6.92 Å². The van der Waals surface area contributed by atoms with Crippen molar-refractivity contribution in [1.82, 2.24) is 4.90 Å². The molecule has 0 bridgehead atoms. The van der Waals surface area contributed by atoms with Crippen LogP contribution in [0.15, 0.2) is 16.5 Å². The van der Waals surface area contributed by atoms with Crippen LogP contribution in [0, 0.1) is 17.8 Å².